The van der Waals surface area contributed by atoms with Crippen molar-refractivity contribution in [1.29, 1.82) is 0 Å². The van der Waals surface area contributed by atoms with Crippen LogP contribution in [0.25, 0.3) is 21.7 Å². The number of rotatable bonds is 9. The predicted molar refractivity (Wildman–Crippen MR) is 134 cm³/mol. The number of allylic oxidation sites excluding steroid dienone is 4. The highest BCUT2D eigenvalue weighted by Crippen LogP contribution is 2.37. The highest BCUT2D eigenvalue weighted by atomic mass is 35.5. The van der Waals surface area contributed by atoms with Gasteiger partial charge in [0.25, 0.3) is 0 Å². The van der Waals surface area contributed by atoms with Crippen LogP contribution in [-0.4, -0.2) is 11.1 Å². The van der Waals surface area contributed by atoms with Gasteiger partial charge in [-0.1, -0.05) is 61.0 Å². The number of thiazole rings is 1. The van der Waals surface area contributed by atoms with E-state index in [4.69, 9.17) is 21.3 Å². The SMILES string of the molecule is C=C/C(C)=C\C(Cl)=C/C(C)OCc1nc(-c2ccc(F)cc2)c(-c2ccc(CC)cc2)s1. The fourth-order valence-electron chi connectivity index (χ4n) is 3.12. The molecule has 0 fully saturated rings. The third-order valence-corrected chi connectivity index (χ3v) is 6.28. The molecule has 0 saturated heterocycles. The Morgan fingerprint density at radius 3 is 2.44 bits per heavy atom. The summed E-state index contributed by atoms with van der Waals surface area (Å²) in [6.45, 7) is 10.1. The number of halogens is 2. The molecule has 32 heavy (non-hydrogen) atoms. The summed E-state index contributed by atoms with van der Waals surface area (Å²) in [6.07, 6.45) is 6.27. The lowest BCUT2D eigenvalue weighted by molar-refractivity contribution is 0.0838. The van der Waals surface area contributed by atoms with Crippen molar-refractivity contribution in [2.45, 2.75) is 39.9 Å². The molecule has 1 unspecified atom stereocenters. The van der Waals surface area contributed by atoms with Crippen molar-refractivity contribution >= 4 is 22.9 Å². The number of aryl methyl sites for hydroxylation is 1. The Balaban J connectivity index is 1.86. The van der Waals surface area contributed by atoms with Gasteiger partial charge in [0, 0.05) is 10.6 Å². The lowest BCUT2D eigenvalue weighted by Crippen LogP contribution is -2.04. The lowest BCUT2D eigenvalue weighted by Gasteiger charge is -2.07. The summed E-state index contributed by atoms with van der Waals surface area (Å²) in [5, 5.41) is 1.46. The Morgan fingerprint density at radius 2 is 1.81 bits per heavy atom. The molecule has 5 heteroatoms. The molecular weight excluding hydrogens is 441 g/mol. The van der Waals surface area contributed by atoms with Gasteiger partial charge in [-0.15, -0.1) is 11.3 Å². The number of nitrogens with zero attached hydrogens (tertiary/aromatic N) is 1. The normalized spacial score (nSPS) is 13.3. The second kappa shape index (κ2) is 11.4. The molecule has 0 amide bonds. The van der Waals surface area contributed by atoms with Crippen LogP contribution in [0.15, 0.2) is 83.9 Å². The average molecular weight is 468 g/mol. The maximum atomic E-state index is 13.5. The Morgan fingerprint density at radius 1 is 1.16 bits per heavy atom. The molecule has 0 aliphatic rings. The number of hydrogen-bond donors (Lipinski definition) is 0. The molecule has 3 aromatic rings. The van der Waals surface area contributed by atoms with Gasteiger partial charge in [0.2, 0.25) is 0 Å². The molecule has 2 aromatic carbocycles. The van der Waals surface area contributed by atoms with Crippen LogP contribution in [0.5, 0.6) is 0 Å². The van der Waals surface area contributed by atoms with Crippen LogP contribution < -0.4 is 0 Å². The van der Waals surface area contributed by atoms with Crippen molar-refractivity contribution in [3.63, 3.8) is 0 Å². The molecule has 1 atom stereocenters. The largest absolute Gasteiger partial charge is 0.367 e. The van der Waals surface area contributed by atoms with Crippen LogP contribution in [0.2, 0.25) is 0 Å². The molecule has 0 aliphatic heterocycles. The minimum Gasteiger partial charge on any atom is -0.367 e. The van der Waals surface area contributed by atoms with Gasteiger partial charge in [-0.3, -0.25) is 0 Å². The van der Waals surface area contributed by atoms with E-state index in [1.54, 1.807) is 29.5 Å². The lowest BCUT2D eigenvalue weighted by atomic mass is 10.0. The van der Waals surface area contributed by atoms with Crippen molar-refractivity contribution in [2.75, 3.05) is 0 Å². The van der Waals surface area contributed by atoms with E-state index in [1.807, 2.05) is 26.0 Å². The zero-order valence-electron chi connectivity index (χ0n) is 18.6. The molecule has 1 heterocycles. The maximum Gasteiger partial charge on any atom is 0.123 e. The van der Waals surface area contributed by atoms with Gasteiger partial charge < -0.3 is 4.74 Å². The van der Waals surface area contributed by atoms with Crippen LogP contribution in [0, 0.1) is 5.82 Å². The number of aromatic nitrogens is 1. The topological polar surface area (TPSA) is 22.1 Å². The fourth-order valence-corrected chi connectivity index (χ4v) is 4.48. The first-order valence-electron chi connectivity index (χ1n) is 10.5. The minimum atomic E-state index is -0.264. The van der Waals surface area contributed by atoms with Crippen molar-refractivity contribution in [2.24, 2.45) is 0 Å². The first-order chi connectivity index (χ1) is 15.4. The standard InChI is InChI=1S/C27H27ClFNOS/c1-5-18(3)15-23(28)16-19(4)31-17-25-30-26(21-11-13-24(29)14-12-21)27(32-25)22-9-7-20(6-2)8-10-22/h5,7-16,19H,1,6,17H2,2-4H3/b18-15-,23-16+. The van der Waals surface area contributed by atoms with Crippen molar-refractivity contribution in [3.8, 4) is 21.7 Å². The molecule has 2 nitrogen and oxygen atoms in total. The molecule has 0 aliphatic carbocycles. The van der Waals surface area contributed by atoms with Crippen molar-refractivity contribution in [3.05, 3.63) is 100 Å². The third kappa shape index (κ3) is 6.49. The van der Waals surface area contributed by atoms with Crippen LogP contribution in [0.3, 0.4) is 0 Å². The van der Waals surface area contributed by atoms with E-state index in [2.05, 4.69) is 37.8 Å². The van der Waals surface area contributed by atoms with Crippen molar-refractivity contribution < 1.29 is 9.13 Å². The van der Waals surface area contributed by atoms with Gasteiger partial charge in [0.05, 0.1) is 23.3 Å². The highest BCUT2D eigenvalue weighted by Gasteiger charge is 2.16. The van der Waals surface area contributed by atoms with E-state index in [0.29, 0.717) is 11.6 Å². The Labute approximate surface area is 198 Å². The maximum absolute atomic E-state index is 13.5. The summed E-state index contributed by atoms with van der Waals surface area (Å²) in [4.78, 5) is 5.88. The van der Waals surface area contributed by atoms with E-state index >= 15 is 0 Å². The zero-order valence-corrected chi connectivity index (χ0v) is 20.1. The first kappa shape index (κ1) is 24.1. The van der Waals surface area contributed by atoms with Gasteiger partial charge in [-0.05, 0) is 67.8 Å². The van der Waals surface area contributed by atoms with Crippen LogP contribution in [0.1, 0.15) is 31.3 Å². The Bertz CT molecular complexity index is 1110. The Kier molecular flexibility index (Phi) is 8.57. The van der Waals surface area contributed by atoms with Crippen molar-refractivity contribution in [1.82, 2.24) is 4.98 Å². The van der Waals surface area contributed by atoms with E-state index in [9.17, 15) is 4.39 Å². The summed E-state index contributed by atoms with van der Waals surface area (Å²) >= 11 is 7.86. The summed E-state index contributed by atoms with van der Waals surface area (Å²) < 4.78 is 19.4. The fraction of sp³-hybridized carbons (Fsp3) is 0.222. The predicted octanol–water partition coefficient (Wildman–Crippen LogP) is 8.34. The molecule has 0 bridgehead atoms. The molecular formula is C27H27ClFNOS. The van der Waals surface area contributed by atoms with Gasteiger partial charge >= 0.3 is 0 Å². The third-order valence-electron chi connectivity index (χ3n) is 4.96. The molecule has 0 spiro atoms. The second-order valence-electron chi connectivity index (χ2n) is 7.50. The van der Waals surface area contributed by atoms with E-state index in [0.717, 1.165) is 38.7 Å². The smallest absolute Gasteiger partial charge is 0.123 e. The van der Waals surface area contributed by atoms with Gasteiger partial charge in [-0.25, -0.2) is 9.37 Å². The average Bonchev–Trinajstić information content (AvgIpc) is 3.22. The molecule has 0 N–H and O–H groups in total. The van der Waals surface area contributed by atoms with Crippen LogP contribution in [-0.2, 0) is 17.8 Å². The highest BCUT2D eigenvalue weighted by molar-refractivity contribution is 7.15. The summed E-state index contributed by atoms with van der Waals surface area (Å²) in [7, 11) is 0. The molecule has 166 valence electrons. The summed E-state index contributed by atoms with van der Waals surface area (Å²) in [5.74, 6) is -0.264. The summed E-state index contributed by atoms with van der Waals surface area (Å²) in [5.41, 5.74) is 5.07. The summed E-state index contributed by atoms with van der Waals surface area (Å²) in [6, 6.07) is 14.9. The monoisotopic (exact) mass is 467 g/mol. The quantitative estimate of drug-likeness (QED) is 0.295. The van der Waals surface area contributed by atoms with Gasteiger partial charge in [0.15, 0.2) is 0 Å². The van der Waals surface area contributed by atoms with E-state index < -0.39 is 0 Å². The van der Waals surface area contributed by atoms with E-state index in [-0.39, 0.29) is 11.9 Å². The first-order valence-corrected chi connectivity index (χ1v) is 11.7. The van der Waals surface area contributed by atoms with Gasteiger partial charge in [-0.2, -0.15) is 0 Å². The molecule has 1 aromatic heterocycles. The zero-order chi connectivity index (χ0) is 23.1. The number of benzene rings is 2. The number of ether oxygens (including phenoxy) is 1. The molecule has 0 radical (unpaired) electrons. The van der Waals surface area contributed by atoms with Crippen LogP contribution in [0.4, 0.5) is 4.39 Å². The number of hydrogen-bond acceptors (Lipinski definition) is 3. The molecule has 3 rings (SSSR count). The second-order valence-corrected chi connectivity index (χ2v) is 9.02. The minimum absolute atomic E-state index is 0.179. The Hall–Kier alpha value is -2.53. The van der Waals surface area contributed by atoms with Gasteiger partial charge in [0.1, 0.15) is 10.8 Å². The molecule has 0 saturated carbocycles. The van der Waals surface area contributed by atoms with Crippen LogP contribution >= 0.6 is 22.9 Å². The van der Waals surface area contributed by atoms with E-state index in [1.165, 1.54) is 17.7 Å².